The Kier molecular flexibility index (Phi) is 4.32. The molecule has 20 heavy (non-hydrogen) atoms. The van der Waals surface area contributed by atoms with Crippen LogP contribution in [-0.2, 0) is 6.42 Å². The number of carbonyl (C=O) groups is 1. The normalized spacial score (nSPS) is 10.3. The lowest BCUT2D eigenvalue weighted by molar-refractivity contribution is 0.0696. The molecule has 0 spiro atoms. The topological polar surface area (TPSA) is 66.8 Å². The van der Waals surface area contributed by atoms with Crippen LogP contribution in [0.1, 0.15) is 15.9 Å². The molecule has 0 aliphatic heterocycles. The van der Waals surface area contributed by atoms with Gasteiger partial charge in [0.15, 0.2) is 11.6 Å². The fraction of sp³-hybridized carbons (Fsp3) is 0.133. The van der Waals surface area contributed by atoms with Gasteiger partial charge < -0.3 is 14.9 Å². The maximum absolute atomic E-state index is 13.7. The van der Waals surface area contributed by atoms with Crippen LogP contribution in [0, 0.1) is 5.82 Å². The van der Waals surface area contributed by atoms with Crippen molar-refractivity contribution in [2.75, 3.05) is 6.61 Å². The summed E-state index contributed by atoms with van der Waals surface area (Å²) in [5.74, 6) is -1.52. The number of halogens is 1. The van der Waals surface area contributed by atoms with Gasteiger partial charge in [-0.15, -0.1) is 0 Å². The quantitative estimate of drug-likeness (QED) is 0.881. The number of benzene rings is 2. The Morgan fingerprint density at radius 1 is 1.15 bits per heavy atom. The lowest BCUT2D eigenvalue weighted by Gasteiger charge is -2.08. The molecule has 2 N–H and O–H groups in total. The van der Waals surface area contributed by atoms with E-state index in [-0.39, 0.29) is 17.9 Å². The number of aliphatic hydroxyl groups is 1. The summed E-state index contributed by atoms with van der Waals surface area (Å²) in [4.78, 5) is 10.7. The van der Waals surface area contributed by atoms with E-state index in [9.17, 15) is 9.18 Å². The van der Waals surface area contributed by atoms with E-state index in [4.69, 9.17) is 14.9 Å². The molecule has 0 aliphatic carbocycles. The average Bonchev–Trinajstić information content (AvgIpc) is 2.43. The number of carboxylic acids is 1. The summed E-state index contributed by atoms with van der Waals surface area (Å²) in [6, 6.07) is 10.3. The molecule has 0 bridgehead atoms. The van der Waals surface area contributed by atoms with Gasteiger partial charge in [-0.05, 0) is 42.3 Å². The molecule has 0 unspecified atom stereocenters. The van der Waals surface area contributed by atoms with Crippen LogP contribution in [0.4, 0.5) is 4.39 Å². The molecule has 0 heterocycles. The van der Waals surface area contributed by atoms with Gasteiger partial charge in [0.05, 0.1) is 5.56 Å². The fourth-order valence-corrected chi connectivity index (χ4v) is 1.70. The first-order valence-corrected chi connectivity index (χ1v) is 6.00. The number of aliphatic hydroxyl groups excluding tert-OH is 1. The lowest BCUT2D eigenvalue weighted by atomic mass is 10.1. The summed E-state index contributed by atoms with van der Waals surface area (Å²) in [7, 11) is 0. The zero-order valence-corrected chi connectivity index (χ0v) is 10.5. The molecule has 0 aliphatic rings. The molecule has 2 aromatic carbocycles. The lowest BCUT2D eigenvalue weighted by Crippen LogP contribution is -1.98. The van der Waals surface area contributed by atoms with Crippen LogP contribution in [0.5, 0.6) is 11.5 Å². The van der Waals surface area contributed by atoms with Crippen molar-refractivity contribution in [3.63, 3.8) is 0 Å². The van der Waals surface area contributed by atoms with Crippen molar-refractivity contribution in [3.8, 4) is 11.5 Å². The van der Waals surface area contributed by atoms with E-state index < -0.39 is 11.8 Å². The van der Waals surface area contributed by atoms with Crippen molar-refractivity contribution in [3.05, 3.63) is 59.4 Å². The third-order valence-corrected chi connectivity index (χ3v) is 2.73. The van der Waals surface area contributed by atoms with E-state index >= 15 is 0 Å². The molecule has 2 rings (SSSR count). The zero-order valence-electron chi connectivity index (χ0n) is 10.5. The maximum atomic E-state index is 13.7. The Morgan fingerprint density at radius 2 is 1.85 bits per heavy atom. The fourth-order valence-electron chi connectivity index (χ4n) is 1.70. The van der Waals surface area contributed by atoms with Gasteiger partial charge in [-0.1, -0.05) is 12.1 Å². The third-order valence-electron chi connectivity index (χ3n) is 2.73. The van der Waals surface area contributed by atoms with E-state index in [0.717, 1.165) is 11.6 Å². The Morgan fingerprint density at radius 3 is 2.40 bits per heavy atom. The molecule has 2 aromatic rings. The maximum Gasteiger partial charge on any atom is 0.335 e. The molecule has 0 saturated heterocycles. The van der Waals surface area contributed by atoms with Gasteiger partial charge in [-0.2, -0.15) is 0 Å². The standard InChI is InChI=1S/C15H13FO4/c16-13-9-11(15(18)19)3-6-14(13)20-12-4-1-10(2-5-12)7-8-17/h1-6,9,17H,7-8H2,(H,18,19). The van der Waals surface area contributed by atoms with Crippen LogP contribution >= 0.6 is 0 Å². The summed E-state index contributed by atoms with van der Waals surface area (Å²) < 4.78 is 19.0. The Hall–Kier alpha value is -2.40. The molecule has 5 heteroatoms. The monoisotopic (exact) mass is 276 g/mol. The second kappa shape index (κ2) is 6.16. The minimum Gasteiger partial charge on any atom is -0.478 e. The van der Waals surface area contributed by atoms with Crippen molar-refractivity contribution < 1.29 is 24.1 Å². The van der Waals surface area contributed by atoms with Crippen LogP contribution in [0.2, 0.25) is 0 Å². The number of hydrogen-bond donors (Lipinski definition) is 2. The van der Waals surface area contributed by atoms with Crippen LogP contribution in [0.3, 0.4) is 0 Å². The first kappa shape index (κ1) is 14.0. The summed E-state index contributed by atoms with van der Waals surface area (Å²) in [5.41, 5.74) is 0.815. The summed E-state index contributed by atoms with van der Waals surface area (Å²) in [5, 5.41) is 17.5. The highest BCUT2D eigenvalue weighted by molar-refractivity contribution is 5.87. The van der Waals surface area contributed by atoms with E-state index in [1.54, 1.807) is 24.3 Å². The van der Waals surface area contributed by atoms with Crippen molar-refractivity contribution in [1.82, 2.24) is 0 Å². The first-order chi connectivity index (χ1) is 9.60. The van der Waals surface area contributed by atoms with Gasteiger partial charge in [0.1, 0.15) is 5.75 Å². The molecular formula is C15H13FO4. The van der Waals surface area contributed by atoms with Gasteiger partial charge in [0.2, 0.25) is 0 Å². The molecular weight excluding hydrogens is 263 g/mol. The van der Waals surface area contributed by atoms with Crippen molar-refractivity contribution in [2.24, 2.45) is 0 Å². The van der Waals surface area contributed by atoms with Crippen molar-refractivity contribution in [1.29, 1.82) is 0 Å². The SMILES string of the molecule is O=C(O)c1ccc(Oc2ccc(CCO)cc2)c(F)c1. The highest BCUT2D eigenvalue weighted by atomic mass is 19.1. The predicted octanol–water partition coefficient (Wildman–Crippen LogP) is 2.85. The summed E-state index contributed by atoms with van der Waals surface area (Å²) in [6.45, 7) is 0.0610. The second-order valence-electron chi connectivity index (χ2n) is 4.17. The molecule has 0 atom stereocenters. The molecule has 0 aromatic heterocycles. The van der Waals surface area contributed by atoms with E-state index in [1.165, 1.54) is 12.1 Å². The zero-order chi connectivity index (χ0) is 14.5. The Labute approximate surface area is 115 Å². The van der Waals surface area contributed by atoms with Gasteiger partial charge in [0, 0.05) is 6.61 Å². The van der Waals surface area contributed by atoms with E-state index in [0.29, 0.717) is 12.2 Å². The van der Waals surface area contributed by atoms with E-state index in [1.807, 2.05) is 0 Å². The van der Waals surface area contributed by atoms with E-state index in [2.05, 4.69) is 0 Å². The molecule has 104 valence electrons. The molecule has 0 fully saturated rings. The van der Waals surface area contributed by atoms with Crippen LogP contribution in [0.25, 0.3) is 0 Å². The van der Waals surface area contributed by atoms with Gasteiger partial charge in [-0.3, -0.25) is 0 Å². The number of hydrogen-bond acceptors (Lipinski definition) is 3. The molecule has 0 saturated carbocycles. The third kappa shape index (κ3) is 3.33. The second-order valence-corrected chi connectivity index (χ2v) is 4.17. The molecule has 4 nitrogen and oxygen atoms in total. The number of aromatic carboxylic acids is 1. The van der Waals surface area contributed by atoms with Crippen LogP contribution in [-0.4, -0.2) is 22.8 Å². The predicted molar refractivity (Wildman–Crippen MR) is 70.7 cm³/mol. The minimum atomic E-state index is -1.19. The van der Waals surface area contributed by atoms with Crippen LogP contribution < -0.4 is 4.74 Å². The minimum absolute atomic E-state index is 0.0371. The summed E-state index contributed by atoms with van der Waals surface area (Å²) in [6.07, 6.45) is 0.544. The highest BCUT2D eigenvalue weighted by Gasteiger charge is 2.10. The Balaban J connectivity index is 2.15. The van der Waals surface area contributed by atoms with Gasteiger partial charge >= 0.3 is 5.97 Å². The summed E-state index contributed by atoms with van der Waals surface area (Å²) >= 11 is 0. The average molecular weight is 276 g/mol. The number of carboxylic acid groups (broad SMARTS) is 1. The molecule has 0 radical (unpaired) electrons. The van der Waals surface area contributed by atoms with Crippen molar-refractivity contribution >= 4 is 5.97 Å². The number of rotatable bonds is 5. The first-order valence-electron chi connectivity index (χ1n) is 6.00. The van der Waals surface area contributed by atoms with Gasteiger partial charge in [0.25, 0.3) is 0 Å². The molecule has 0 amide bonds. The Bertz CT molecular complexity index is 608. The van der Waals surface area contributed by atoms with Gasteiger partial charge in [-0.25, -0.2) is 9.18 Å². The smallest absolute Gasteiger partial charge is 0.335 e. The van der Waals surface area contributed by atoms with Crippen molar-refractivity contribution in [2.45, 2.75) is 6.42 Å². The number of ether oxygens (including phenoxy) is 1. The van der Waals surface area contributed by atoms with Crippen LogP contribution in [0.15, 0.2) is 42.5 Å². The highest BCUT2D eigenvalue weighted by Crippen LogP contribution is 2.25. The largest absolute Gasteiger partial charge is 0.478 e.